The Labute approximate surface area is 134 Å². The SMILES string of the molecule is CCOc1ccc(C)cc1C(C)NC(=O)c1cc2occc2[nH]1. The van der Waals surface area contributed by atoms with Gasteiger partial charge in [-0.1, -0.05) is 17.7 Å². The van der Waals surface area contributed by atoms with Gasteiger partial charge < -0.3 is 19.5 Å². The fourth-order valence-corrected chi connectivity index (χ4v) is 2.62. The van der Waals surface area contributed by atoms with Crippen LogP contribution in [0.25, 0.3) is 11.1 Å². The monoisotopic (exact) mass is 312 g/mol. The second-order valence-corrected chi connectivity index (χ2v) is 5.55. The number of furan rings is 1. The van der Waals surface area contributed by atoms with Crippen LogP contribution in [0.2, 0.25) is 0 Å². The van der Waals surface area contributed by atoms with Crippen molar-refractivity contribution in [2.75, 3.05) is 6.61 Å². The van der Waals surface area contributed by atoms with Crippen molar-refractivity contribution in [1.29, 1.82) is 0 Å². The lowest BCUT2D eigenvalue weighted by Crippen LogP contribution is -2.27. The van der Waals surface area contributed by atoms with Crippen LogP contribution in [0.4, 0.5) is 0 Å². The number of H-pyrrole nitrogens is 1. The van der Waals surface area contributed by atoms with Crippen molar-refractivity contribution < 1.29 is 13.9 Å². The molecular formula is C18H20N2O3. The first-order valence-corrected chi connectivity index (χ1v) is 7.69. The van der Waals surface area contributed by atoms with E-state index in [2.05, 4.69) is 10.3 Å². The number of hydrogen-bond acceptors (Lipinski definition) is 3. The molecule has 0 radical (unpaired) electrons. The molecular weight excluding hydrogens is 292 g/mol. The highest BCUT2D eigenvalue weighted by molar-refractivity contribution is 5.97. The minimum atomic E-state index is -0.173. The molecule has 1 aromatic carbocycles. The topological polar surface area (TPSA) is 67.3 Å². The number of ether oxygens (including phenoxy) is 1. The van der Waals surface area contributed by atoms with Gasteiger partial charge in [0, 0.05) is 17.7 Å². The van der Waals surface area contributed by atoms with E-state index in [1.54, 1.807) is 18.4 Å². The molecule has 0 saturated carbocycles. The summed E-state index contributed by atoms with van der Waals surface area (Å²) < 4.78 is 10.9. The molecule has 0 bridgehead atoms. The normalized spacial score (nSPS) is 12.3. The van der Waals surface area contributed by atoms with E-state index in [9.17, 15) is 4.79 Å². The molecule has 0 aliphatic rings. The maximum absolute atomic E-state index is 12.4. The Hall–Kier alpha value is -2.69. The third-order valence-corrected chi connectivity index (χ3v) is 3.76. The van der Waals surface area contributed by atoms with E-state index in [-0.39, 0.29) is 11.9 Å². The number of amides is 1. The molecule has 5 nitrogen and oxygen atoms in total. The van der Waals surface area contributed by atoms with Crippen LogP contribution in [-0.4, -0.2) is 17.5 Å². The van der Waals surface area contributed by atoms with Gasteiger partial charge in [-0.15, -0.1) is 0 Å². The van der Waals surface area contributed by atoms with Gasteiger partial charge in [0.15, 0.2) is 5.58 Å². The second kappa shape index (κ2) is 6.20. The first kappa shape index (κ1) is 15.2. The lowest BCUT2D eigenvalue weighted by Gasteiger charge is -2.18. The number of aromatic amines is 1. The van der Waals surface area contributed by atoms with Gasteiger partial charge >= 0.3 is 0 Å². The lowest BCUT2D eigenvalue weighted by molar-refractivity contribution is 0.0935. The van der Waals surface area contributed by atoms with Crippen LogP contribution in [0.5, 0.6) is 5.75 Å². The van der Waals surface area contributed by atoms with E-state index in [0.29, 0.717) is 17.9 Å². The molecule has 1 unspecified atom stereocenters. The van der Waals surface area contributed by atoms with Crippen molar-refractivity contribution in [1.82, 2.24) is 10.3 Å². The maximum Gasteiger partial charge on any atom is 0.268 e. The summed E-state index contributed by atoms with van der Waals surface area (Å²) in [6.07, 6.45) is 1.59. The average molecular weight is 312 g/mol. The summed E-state index contributed by atoms with van der Waals surface area (Å²) in [5.74, 6) is 0.624. The molecule has 2 heterocycles. The van der Waals surface area contributed by atoms with Crippen LogP contribution < -0.4 is 10.1 Å². The fourth-order valence-electron chi connectivity index (χ4n) is 2.62. The molecule has 0 aliphatic carbocycles. The number of rotatable bonds is 5. The quantitative estimate of drug-likeness (QED) is 0.749. The molecule has 3 aromatic rings. The van der Waals surface area contributed by atoms with Crippen LogP contribution in [0.1, 0.15) is 41.5 Å². The second-order valence-electron chi connectivity index (χ2n) is 5.55. The van der Waals surface area contributed by atoms with Crippen molar-refractivity contribution >= 4 is 17.0 Å². The van der Waals surface area contributed by atoms with Crippen LogP contribution in [0.15, 0.2) is 41.0 Å². The molecule has 2 N–H and O–H groups in total. The first-order valence-electron chi connectivity index (χ1n) is 7.69. The van der Waals surface area contributed by atoms with E-state index in [1.807, 2.05) is 39.0 Å². The number of aromatic nitrogens is 1. The smallest absolute Gasteiger partial charge is 0.268 e. The van der Waals surface area contributed by atoms with Crippen LogP contribution in [-0.2, 0) is 0 Å². The lowest BCUT2D eigenvalue weighted by atomic mass is 10.0. The van der Waals surface area contributed by atoms with E-state index in [4.69, 9.17) is 9.15 Å². The van der Waals surface area contributed by atoms with Crippen molar-refractivity contribution in [2.45, 2.75) is 26.8 Å². The molecule has 2 aromatic heterocycles. The summed E-state index contributed by atoms with van der Waals surface area (Å²) in [6, 6.07) is 9.32. The number of carbonyl (C=O) groups is 1. The Kier molecular flexibility index (Phi) is 4.10. The van der Waals surface area contributed by atoms with Gasteiger partial charge in [-0.2, -0.15) is 0 Å². The number of benzene rings is 1. The summed E-state index contributed by atoms with van der Waals surface area (Å²) in [4.78, 5) is 15.5. The summed E-state index contributed by atoms with van der Waals surface area (Å²) in [7, 11) is 0. The first-order chi connectivity index (χ1) is 11.1. The standard InChI is InChI=1S/C18H20N2O3/c1-4-22-16-6-5-11(2)9-13(16)12(3)19-18(21)15-10-17-14(20-15)7-8-23-17/h5-10,12,20H,4H2,1-3H3,(H,19,21). The minimum absolute atomic E-state index is 0.168. The van der Waals surface area contributed by atoms with Crippen LogP contribution in [0.3, 0.4) is 0 Å². The average Bonchev–Trinajstić information content (AvgIpc) is 3.10. The molecule has 0 fully saturated rings. The van der Waals surface area contributed by atoms with E-state index < -0.39 is 0 Å². The third-order valence-electron chi connectivity index (χ3n) is 3.76. The van der Waals surface area contributed by atoms with E-state index >= 15 is 0 Å². The molecule has 5 heteroatoms. The summed E-state index contributed by atoms with van der Waals surface area (Å²) in [5, 5.41) is 3.00. The number of carbonyl (C=O) groups excluding carboxylic acids is 1. The zero-order valence-electron chi connectivity index (χ0n) is 13.5. The van der Waals surface area contributed by atoms with Crippen molar-refractivity contribution in [2.24, 2.45) is 0 Å². The Morgan fingerprint density at radius 3 is 2.91 bits per heavy atom. The third kappa shape index (κ3) is 3.08. The number of hydrogen-bond donors (Lipinski definition) is 2. The molecule has 23 heavy (non-hydrogen) atoms. The predicted molar refractivity (Wildman–Crippen MR) is 88.8 cm³/mol. The minimum Gasteiger partial charge on any atom is -0.494 e. The van der Waals surface area contributed by atoms with E-state index in [1.165, 1.54) is 0 Å². The van der Waals surface area contributed by atoms with Gasteiger partial charge in [-0.3, -0.25) is 4.79 Å². The molecule has 0 spiro atoms. The van der Waals surface area contributed by atoms with Gasteiger partial charge in [-0.05, 0) is 26.8 Å². The van der Waals surface area contributed by atoms with Crippen molar-refractivity contribution in [3.8, 4) is 5.75 Å². The summed E-state index contributed by atoms with van der Waals surface area (Å²) in [5.41, 5.74) is 4.07. The Morgan fingerprint density at radius 1 is 1.35 bits per heavy atom. The highest BCUT2D eigenvalue weighted by Gasteiger charge is 2.17. The van der Waals surface area contributed by atoms with Crippen LogP contribution in [0, 0.1) is 6.92 Å². The molecule has 0 saturated heterocycles. The molecule has 1 amide bonds. The Balaban J connectivity index is 1.80. The van der Waals surface area contributed by atoms with Gasteiger partial charge in [0.25, 0.3) is 5.91 Å². The largest absolute Gasteiger partial charge is 0.494 e. The van der Waals surface area contributed by atoms with Gasteiger partial charge in [-0.25, -0.2) is 0 Å². The van der Waals surface area contributed by atoms with Gasteiger partial charge in [0.05, 0.1) is 24.4 Å². The molecule has 3 rings (SSSR count). The maximum atomic E-state index is 12.4. The fraction of sp³-hybridized carbons (Fsp3) is 0.278. The van der Waals surface area contributed by atoms with Crippen molar-refractivity contribution in [3.63, 3.8) is 0 Å². The summed E-state index contributed by atoms with van der Waals surface area (Å²) in [6.45, 7) is 6.50. The molecule has 0 aliphatic heterocycles. The predicted octanol–water partition coefficient (Wildman–Crippen LogP) is 3.96. The molecule has 1 atom stereocenters. The molecule has 120 valence electrons. The van der Waals surface area contributed by atoms with Gasteiger partial charge in [0.2, 0.25) is 0 Å². The van der Waals surface area contributed by atoms with Crippen LogP contribution >= 0.6 is 0 Å². The Morgan fingerprint density at radius 2 is 2.17 bits per heavy atom. The Bertz CT molecular complexity index is 803. The highest BCUT2D eigenvalue weighted by atomic mass is 16.5. The number of nitrogens with one attached hydrogen (secondary N) is 2. The summed E-state index contributed by atoms with van der Waals surface area (Å²) >= 11 is 0. The number of fused-ring (bicyclic) bond motifs is 1. The van der Waals surface area contributed by atoms with Crippen molar-refractivity contribution in [3.05, 3.63) is 53.4 Å². The zero-order valence-corrected chi connectivity index (χ0v) is 13.5. The highest BCUT2D eigenvalue weighted by Crippen LogP contribution is 2.27. The zero-order chi connectivity index (χ0) is 16.4. The van der Waals surface area contributed by atoms with Gasteiger partial charge in [0.1, 0.15) is 11.4 Å². The van der Waals surface area contributed by atoms with E-state index in [0.717, 1.165) is 22.4 Å². The number of aryl methyl sites for hydroxylation is 1.